The number of hydrogen-bond acceptors (Lipinski definition) is 4. The van der Waals surface area contributed by atoms with Gasteiger partial charge in [-0.1, -0.05) is 0 Å². The van der Waals surface area contributed by atoms with Crippen LogP contribution in [0, 0.1) is 0 Å². The molecular formula is C5H7NO2S. The third-order valence-electron chi connectivity index (χ3n) is 0.992. The van der Waals surface area contributed by atoms with Crippen molar-refractivity contribution in [2.45, 2.75) is 0 Å². The molecule has 1 N–H and O–H groups in total. The fraction of sp³-hybridized carbons (Fsp3) is 0.400. The lowest BCUT2D eigenvalue weighted by Gasteiger charge is -1.93. The molecule has 0 aromatic carbocycles. The molecule has 4 heteroatoms. The molecular weight excluding hydrogens is 138 g/mol. The van der Waals surface area contributed by atoms with E-state index in [1.165, 1.54) is 19.1 Å². The van der Waals surface area contributed by atoms with E-state index in [0.29, 0.717) is 11.3 Å². The minimum Gasteiger partial charge on any atom is -0.466 e. The molecule has 0 radical (unpaired) electrons. The Morgan fingerprint density at radius 3 is 3.22 bits per heavy atom. The van der Waals surface area contributed by atoms with E-state index in [-0.39, 0.29) is 5.97 Å². The summed E-state index contributed by atoms with van der Waals surface area (Å²) in [6.07, 6.45) is 1.66. The van der Waals surface area contributed by atoms with Crippen LogP contribution in [0.3, 0.4) is 0 Å². The van der Waals surface area contributed by atoms with E-state index >= 15 is 0 Å². The number of esters is 1. The number of rotatable bonds is 1. The van der Waals surface area contributed by atoms with Crippen LogP contribution in [-0.4, -0.2) is 18.8 Å². The Morgan fingerprint density at radius 1 is 2.00 bits per heavy atom. The van der Waals surface area contributed by atoms with Crippen molar-refractivity contribution in [3.63, 3.8) is 0 Å². The van der Waals surface area contributed by atoms with Gasteiger partial charge < -0.3 is 9.46 Å². The second-order valence-corrected chi connectivity index (χ2v) is 2.38. The lowest BCUT2D eigenvalue weighted by Crippen LogP contribution is -2.04. The molecule has 9 heavy (non-hydrogen) atoms. The molecule has 0 saturated carbocycles. The van der Waals surface area contributed by atoms with E-state index in [4.69, 9.17) is 0 Å². The zero-order valence-electron chi connectivity index (χ0n) is 5.01. The molecule has 0 aromatic rings. The molecule has 0 saturated heterocycles. The van der Waals surface area contributed by atoms with Crippen molar-refractivity contribution in [3.8, 4) is 0 Å². The summed E-state index contributed by atoms with van der Waals surface area (Å²) in [6.45, 7) is 0. The molecule has 0 spiro atoms. The summed E-state index contributed by atoms with van der Waals surface area (Å²) in [4.78, 5) is 10.7. The molecule has 0 fully saturated rings. The highest BCUT2D eigenvalue weighted by atomic mass is 32.2. The van der Waals surface area contributed by atoms with Crippen LogP contribution in [0.4, 0.5) is 0 Å². The van der Waals surface area contributed by atoms with E-state index in [1.54, 1.807) is 6.20 Å². The van der Waals surface area contributed by atoms with Crippen LogP contribution in [0.15, 0.2) is 11.8 Å². The summed E-state index contributed by atoms with van der Waals surface area (Å²) in [5, 5.41) is 0. The molecule has 1 aliphatic heterocycles. The van der Waals surface area contributed by atoms with E-state index in [1.807, 2.05) is 0 Å². The van der Waals surface area contributed by atoms with Gasteiger partial charge in [-0.25, -0.2) is 4.79 Å². The quantitative estimate of drug-likeness (QED) is 0.425. The molecule has 0 bridgehead atoms. The Hall–Kier alpha value is -0.640. The normalized spacial score (nSPS) is 16.3. The Morgan fingerprint density at radius 2 is 2.78 bits per heavy atom. The highest BCUT2D eigenvalue weighted by Crippen LogP contribution is 2.11. The number of nitrogens with one attached hydrogen (secondary N) is 1. The van der Waals surface area contributed by atoms with Crippen molar-refractivity contribution in [2.24, 2.45) is 0 Å². The van der Waals surface area contributed by atoms with E-state index in [2.05, 4.69) is 9.46 Å². The highest BCUT2D eigenvalue weighted by Gasteiger charge is 2.12. The lowest BCUT2D eigenvalue weighted by molar-refractivity contribution is -0.135. The predicted octanol–water partition coefficient (Wildman–Crippen LogP) is 0.295. The van der Waals surface area contributed by atoms with Gasteiger partial charge >= 0.3 is 5.97 Å². The van der Waals surface area contributed by atoms with Gasteiger partial charge in [0.2, 0.25) is 0 Å². The van der Waals surface area contributed by atoms with Gasteiger partial charge in [-0.15, -0.1) is 0 Å². The van der Waals surface area contributed by atoms with E-state index in [9.17, 15) is 4.79 Å². The summed E-state index contributed by atoms with van der Waals surface area (Å²) < 4.78 is 7.31. The van der Waals surface area contributed by atoms with Crippen LogP contribution >= 0.6 is 11.9 Å². The summed E-state index contributed by atoms with van der Waals surface area (Å²) in [7, 11) is 1.38. The van der Waals surface area contributed by atoms with Gasteiger partial charge in [-0.2, -0.15) is 0 Å². The zero-order chi connectivity index (χ0) is 6.69. The van der Waals surface area contributed by atoms with Gasteiger partial charge in [0.25, 0.3) is 0 Å². The number of carbonyl (C=O) groups is 1. The maximum Gasteiger partial charge on any atom is 0.336 e. The summed E-state index contributed by atoms with van der Waals surface area (Å²) in [5.74, 6) is 0.458. The van der Waals surface area contributed by atoms with Crippen molar-refractivity contribution in [1.29, 1.82) is 0 Å². The van der Waals surface area contributed by atoms with Crippen molar-refractivity contribution < 1.29 is 9.53 Å². The third-order valence-corrected chi connectivity index (χ3v) is 1.73. The first-order valence-corrected chi connectivity index (χ1v) is 3.48. The van der Waals surface area contributed by atoms with Crippen LogP contribution in [-0.2, 0) is 9.53 Å². The first kappa shape index (κ1) is 6.48. The van der Waals surface area contributed by atoms with Crippen LogP contribution in [0.1, 0.15) is 0 Å². The van der Waals surface area contributed by atoms with E-state index in [0.717, 1.165) is 0 Å². The standard InChI is InChI=1S/C5H7NO2S/c1-8-5(7)4-2-6-9-3-4/h2,6H,3H2,1H3. The topological polar surface area (TPSA) is 38.3 Å². The molecule has 1 aliphatic rings. The molecule has 0 aliphatic carbocycles. The maximum absolute atomic E-state index is 10.7. The molecule has 0 atom stereocenters. The molecule has 3 nitrogen and oxygen atoms in total. The average Bonchev–Trinajstić information content (AvgIpc) is 2.37. The third kappa shape index (κ3) is 1.38. The molecule has 1 rings (SSSR count). The van der Waals surface area contributed by atoms with Gasteiger partial charge in [0.15, 0.2) is 0 Å². The minimum atomic E-state index is -0.243. The second-order valence-electron chi connectivity index (χ2n) is 1.57. The highest BCUT2D eigenvalue weighted by molar-refractivity contribution is 7.97. The van der Waals surface area contributed by atoms with E-state index < -0.39 is 0 Å². The fourth-order valence-electron chi connectivity index (χ4n) is 0.523. The van der Waals surface area contributed by atoms with Crippen LogP contribution in [0.2, 0.25) is 0 Å². The first-order chi connectivity index (χ1) is 4.34. The van der Waals surface area contributed by atoms with Crippen molar-refractivity contribution in [3.05, 3.63) is 11.8 Å². The van der Waals surface area contributed by atoms with Crippen LogP contribution in [0.25, 0.3) is 0 Å². The summed E-state index contributed by atoms with van der Waals surface area (Å²) in [5.41, 5.74) is 0.697. The SMILES string of the molecule is COC(=O)C1=CNSC1. The smallest absolute Gasteiger partial charge is 0.336 e. The predicted molar refractivity (Wildman–Crippen MR) is 35.7 cm³/mol. The summed E-state index contributed by atoms with van der Waals surface area (Å²) in [6, 6.07) is 0. The molecule has 0 unspecified atom stereocenters. The van der Waals surface area contributed by atoms with Crippen molar-refractivity contribution >= 4 is 17.9 Å². The fourth-order valence-corrected chi connectivity index (χ4v) is 1.19. The van der Waals surface area contributed by atoms with Crippen molar-refractivity contribution in [1.82, 2.24) is 4.72 Å². The average molecular weight is 145 g/mol. The Balaban J connectivity index is 2.51. The zero-order valence-corrected chi connectivity index (χ0v) is 5.83. The van der Waals surface area contributed by atoms with Gasteiger partial charge in [0, 0.05) is 12.0 Å². The van der Waals surface area contributed by atoms with Gasteiger partial charge in [-0.3, -0.25) is 0 Å². The number of ether oxygens (including phenoxy) is 1. The van der Waals surface area contributed by atoms with Crippen molar-refractivity contribution in [2.75, 3.05) is 12.9 Å². The summed E-state index contributed by atoms with van der Waals surface area (Å²) >= 11 is 1.48. The number of carbonyl (C=O) groups excluding carboxylic acids is 1. The molecule has 50 valence electrons. The molecule has 0 aromatic heterocycles. The van der Waals surface area contributed by atoms with Gasteiger partial charge in [0.05, 0.1) is 12.7 Å². The Kier molecular flexibility index (Phi) is 2.00. The Labute approximate surface area is 57.6 Å². The first-order valence-electron chi connectivity index (χ1n) is 2.49. The number of hydrogen-bond donors (Lipinski definition) is 1. The van der Waals surface area contributed by atoms with Gasteiger partial charge in [0.1, 0.15) is 0 Å². The van der Waals surface area contributed by atoms with Gasteiger partial charge in [-0.05, 0) is 11.9 Å². The molecule has 0 amide bonds. The molecule has 1 heterocycles. The Bertz CT molecular complexity index is 155. The van der Waals surface area contributed by atoms with Crippen LogP contribution in [0.5, 0.6) is 0 Å². The monoisotopic (exact) mass is 145 g/mol. The van der Waals surface area contributed by atoms with Crippen LogP contribution < -0.4 is 4.72 Å². The lowest BCUT2D eigenvalue weighted by atomic mass is 10.3. The largest absolute Gasteiger partial charge is 0.466 e. The minimum absolute atomic E-state index is 0.243. The number of methoxy groups -OCH3 is 1. The maximum atomic E-state index is 10.7. The second kappa shape index (κ2) is 2.77.